The third kappa shape index (κ3) is 4.21. The third-order valence-corrected chi connectivity index (χ3v) is 5.54. The summed E-state index contributed by atoms with van der Waals surface area (Å²) in [6.07, 6.45) is 17.5. The molecule has 2 fully saturated rings. The van der Waals surface area contributed by atoms with Crippen molar-refractivity contribution in [3.63, 3.8) is 0 Å². The lowest BCUT2D eigenvalue weighted by Gasteiger charge is -2.58. The fourth-order valence-electron chi connectivity index (χ4n) is 4.01. The first-order valence-corrected chi connectivity index (χ1v) is 9.04. The molecule has 0 aromatic heterocycles. The van der Waals surface area contributed by atoms with E-state index in [2.05, 4.69) is 18.7 Å². The minimum atomic E-state index is 0.812. The Hall–Kier alpha value is -0.0400. The minimum Gasteiger partial charge on any atom is -0.299 e. The maximum atomic E-state index is 2.83. The lowest BCUT2D eigenvalue weighted by atomic mass is 9.63. The molecular formula is C18H35N. The first-order chi connectivity index (χ1) is 9.29. The second-order valence-corrected chi connectivity index (χ2v) is 7.26. The van der Waals surface area contributed by atoms with E-state index in [-0.39, 0.29) is 0 Å². The Morgan fingerprint density at radius 1 is 0.842 bits per heavy atom. The summed E-state index contributed by atoms with van der Waals surface area (Å²) in [6.45, 7) is 7.52. The van der Waals surface area contributed by atoms with E-state index >= 15 is 0 Å². The zero-order chi connectivity index (χ0) is 13.6. The van der Waals surface area contributed by atoms with Gasteiger partial charge in [-0.25, -0.2) is 0 Å². The van der Waals surface area contributed by atoms with Gasteiger partial charge in [-0.3, -0.25) is 4.90 Å². The summed E-state index contributed by atoms with van der Waals surface area (Å²) >= 11 is 0. The van der Waals surface area contributed by atoms with E-state index in [1.165, 1.54) is 90.1 Å². The van der Waals surface area contributed by atoms with Crippen LogP contribution in [0, 0.1) is 5.41 Å². The summed E-state index contributed by atoms with van der Waals surface area (Å²) in [6, 6.07) is 0.926. The van der Waals surface area contributed by atoms with Crippen LogP contribution in [0.1, 0.15) is 90.9 Å². The third-order valence-electron chi connectivity index (χ3n) is 5.54. The topological polar surface area (TPSA) is 3.24 Å². The highest BCUT2D eigenvalue weighted by molar-refractivity contribution is 5.02. The fourth-order valence-corrected chi connectivity index (χ4v) is 4.01. The molecule has 1 atom stereocenters. The molecule has 1 heterocycles. The van der Waals surface area contributed by atoms with Gasteiger partial charge in [0.25, 0.3) is 0 Å². The lowest BCUT2D eigenvalue weighted by Crippen LogP contribution is -2.62. The average molecular weight is 265 g/mol. The molecule has 1 unspecified atom stereocenters. The molecule has 0 aromatic rings. The van der Waals surface area contributed by atoms with E-state index in [1.807, 2.05) is 0 Å². The van der Waals surface area contributed by atoms with E-state index in [0.717, 1.165) is 11.5 Å². The molecule has 19 heavy (non-hydrogen) atoms. The van der Waals surface area contributed by atoms with Crippen molar-refractivity contribution in [1.82, 2.24) is 4.90 Å². The van der Waals surface area contributed by atoms with Crippen molar-refractivity contribution in [2.24, 2.45) is 5.41 Å². The van der Waals surface area contributed by atoms with Crippen molar-refractivity contribution in [2.45, 2.75) is 96.9 Å². The molecule has 1 saturated heterocycles. The maximum absolute atomic E-state index is 2.83. The monoisotopic (exact) mass is 265 g/mol. The minimum absolute atomic E-state index is 0.812. The predicted octanol–water partition coefficient (Wildman–Crippen LogP) is 5.39. The zero-order valence-electron chi connectivity index (χ0n) is 13.4. The van der Waals surface area contributed by atoms with Gasteiger partial charge < -0.3 is 0 Å². The summed E-state index contributed by atoms with van der Waals surface area (Å²) in [5, 5.41) is 0. The van der Waals surface area contributed by atoms with Crippen molar-refractivity contribution >= 4 is 0 Å². The van der Waals surface area contributed by atoms with Gasteiger partial charge in [0.15, 0.2) is 0 Å². The number of rotatable bonds is 10. The standard InChI is InChI=1S/C18H35N/c1-3-5-7-9-12-17(11-8-6-4-2)19-15-18(16-19)13-10-14-18/h17H,3-16H2,1-2H3. The highest BCUT2D eigenvalue weighted by Gasteiger charge is 2.48. The van der Waals surface area contributed by atoms with Crippen molar-refractivity contribution in [3.05, 3.63) is 0 Å². The Morgan fingerprint density at radius 3 is 1.95 bits per heavy atom. The van der Waals surface area contributed by atoms with Crippen LogP contribution in [0.3, 0.4) is 0 Å². The molecule has 1 saturated carbocycles. The number of hydrogen-bond acceptors (Lipinski definition) is 1. The number of hydrogen-bond donors (Lipinski definition) is 0. The van der Waals surface area contributed by atoms with Crippen LogP contribution < -0.4 is 0 Å². The number of likely N-dealkylation sites (tertiary alicyclic amines) is 1. The van der Waals surface area contributed by atoms with Crippen LogP contribution in [0.2, 0.25) is 0 Å². The molecule has 112 valence electrons. The maximum Gasteiger partial charge on any atom is 0.00957 e. The molecular weight excluding hydrogens is 230 g/mol. The van der Waals surface area contributed by atoms with Crippen LogP contribution in [-0.2, 0) is 0 Å². The second-order valence-electron chi connectivity index (χ2n) is 7.26. The molecule has 2 aliphatic rings. The van der Waals surface area contributed by atoms with Crippen molar-refractivity contribution in [1.29, 1.82) is 0 Å². The van der Waals surface area contributed by atoms with Gasteiger partial charge in [0.05, 0.1) is 0 Å². The normalized spacial score (nSPS) is 23.1. The van der Waals surface area contributed by atoms with E-state index in [4.69, 9.17) is 0 Å². The van der Waals surface area contributed by atoms with E-state index in [0.29, 0.717) is 0 Å². The molecule has 0 N–H and O–H groups in total. The molecule has 1 aliphatic carbocycles. The van der Waals surface area contributed by atoms with Crippen LogP contribution in [-0.4, -0.2) is 24.0 Å². The predicted molar refractivity (Wildman–Crippen MR) is 84.5 cm³/mol. The van der Waals surface area contributed by atoms with Crippen molar-refractivity contribution in [2.75, 3.05) is 13.1 Å². The van der Waals surface area contributed by atoms with Gasteiger partial charge in [-0.2, -0.15) is 0 Å². The zero-order valence-corrected chi connectivity index (χ0v) is 13.4. The summed E-state index contributed by atoms with van der Waals surface area (Å²) in [7, 11) is 0. The van der Waals surface area contributed by atoms with E-state index < -0.39 is 0 Å². The molecule has 0 amide bonds. The van der Waals surface area contributed by atoms with Gasteiger partial charge in [-0.15, -0.1) is 0 Å². The van der Waals surface area contributed by atoms with Gasteiger partial charge >= 0.3 is 0 Å². The Labute approximate surface area is 121 Å². The van der Waals surface area contributed by atoms with Gasteiger partial charge in [0, 0.05) is 19.1 Å². The number of nitrogens with zero attached hydrogens (tertiary/aromatic N) is 1. The van der Waals surface area contributed by atoms with Gasteiger partial charge in [-0.05, 0) is 31.1 Å². The molecule has 1 heteroatoms. The summed E-state index contributed by atoms with van der Waals surface area (Å²) < 4.78 is 0. The molecule has 0 aromatic carbocycles. The van der Waals surface area contributed by atoms with Crippen LogP contribution in [0.15, 0.2) is 0 Å². The van der Waals surface area contributed by atoms with E-state index in [1.54, 1.807) is 0 Å². The molecule has 1 spiro atoms. The average Bonchev–Trinajstić information content (AvgIpc) is 2.30. The SMILES string of the molecule is CCCCCCC(CCCCC)N1CC2(CCC2)C1. The van der Waals surface area contributed by atoms with Crippen LogP contribution in [0.4, 0.5) is 0 Å². The van der Waals surface area contributed by atoms with Gasteiger partial charge in [-0.1, -0.05) is 65.2 Å². The Kier molecular flexibility index (Phi) is 6.19. The van der Waals surface area contributed by atoms with Gasteiger partial charge in [0.1, 0.15) is 0 Å². The first-order valence-electron chi connectivity index (χ1n) is 9.04. The quantitative estimate of drug-likeness (QED) is 0.479. The Bertz CT molecular complexity index is 236. The second kappa shape index (κ2) is 7.67. The summed E-state index contributed by atoms with van der Waals surface area (Å²) in [5.74, 6) is 0. The Morgan fingerprint density at radius 2 is 1.42 bits per heavy atom. The summed E-state index contributed by atoms with van der Waals surface area (Å²) in [4.78, 5) is 2.83. The summed E-state index contributed by atoms with van der Waals surface area (Å²) in [5.41, 5.74) is 0.812. The Balaban J connectivity index is 1.67. The highest BCUT2D eigenvalue weighted by atomic mass is 15.2. The van der Waals surface area contributed by atoms with Crippen LogP contribution in [0.25, 0.3) is 0 Å². The van der Waals surface area contributed by atoms with Crippen molar-refractivity contribution < 1.29 is 0 Å². The van der Waals surface area contributed by atoms with Crippen LogP contribution >= 0.6 is 0 Å². The number of unbranched alkanes of at least 4 members (excludes halogenated alkanes) is 5. The molecule has 1 aliphatic heterocycles. The van der Waals surface area contributed by atoms with Crippen molar-refractivity contribution in [3.8, 4) is 0 Å². The largest absolute Gasteiger partial charge is 0.299 e. The lowest BCUT2D eigenvalue weighted by molar-refractivity contribution is -0.0867. The van der Waals surface area contributed by atoms with Gasteiger partial charge in [0.2, 0.25) is 0 Å². The highest BCUT2D eigenvalue weighted by Crippen LogP contribution is 2.49. The van der Waals surface area contributed by atoms with E-state index in [9.17, 15) is 0 Å². The molecule has 0 bridgehead atoms. The molecule has 2 rings (SSSR count). The first kappa shape index (κ1) is 15.4. The fraction of sp³-hybridized carbons (Fsp3) is 1.00. The van der Waals surface area contributed by atoms with Crippen LogP contribution in [0.5, 0.6) is 0 Å². The smallest absolute Gasteiger partial charge is 0.00957 e. The molecule has 1 nitrogen and oxygen atoms in total. The molecule has 0 radical (unpaired) electrons.